The van der Waals surface area contributed by atoms with E-state index in [0.717, 1.165) is 39.3 Å². The van der Waals surface area contributed by atoms with E-state index in [1.165, 1.54) is 29.9 Å². The zero-order chi connectivity index (χ0) is 16.9. The van der Waals surface area contributed by atoms with Crippen LogP contribution in [0.15, 0.2) is 24.3 Å². The van der Waals surface area contributed by atoms with E-state index in [-0.39, 0.29) is 17.8 Å². The zero-order valence-corrected chi connectivity index (χ0v) is 14.3. The number of piperazine rings is 1. The summed E-state index contributed by atoms with van der Waals surface area (Å²) in [5.41, 5.74) is 0.648. The van der Waals surface area contributed by atoms with Gasteiger partial charge in [0.05, 0.1) is 0 Å². The summed E-state index contributed by atoms with van der Waals surface area (Å²) in [7, 11) is 0. The molecule has 0 aromatic heterocycles. The molecule has 0 unspecified atom stereocenters. The van der Waals surface area contributed by atoms with Gasteiger partial charge in [0.25, 0.3) is 5.91 Å². The molecule has 1 aromatic rings. The van der Waals surface area contributed by atoms with Gasteiger partial charge in [0.1, 0.15) is 44.6 Å². The van der Waals surface area contributed by atoms with Crippen molar-refractivity contribution in [3.63, 3.8) is 0 Å². The fraction of sp³-hybridized carbons (Fsp3) is 0.611. The van der Waals surface area contributed by atoms with E-state index in [1.807, 2.05) is 6.92 Å². The van der Waals surface area contributed by atoms with Crippen molar-refractivity contribution >= 4 is 11.6 Å². The highest BCUT2D eigenvalue weighted by Crippen LogP contribution is 2.09. The molecule has 2 atom stereocenters. The van der Waals surface area contributed by atoms with Crippen molar-refractivity contribution in [3.8, 4) is 0 Å². The van der Waals surface area contributed by atoms with Crippen LogP contribution in [0.5, 0.6) is 0 Å². The van der Waals surface area contributed by atoms with E-state index in [9.17, 15) is 9.18 Å². The first-order chi connectivity index (χ1) is 11.6. The maximum absolute atomic E-state index is 12.9. The number of carbonyl (C=O) groups excluding carboxylic acids is 1. The van der Waals surface area contributed by atoms with Crippen molar-refractivity contribution in [2.75, 3.05) is 44.6 Å². The van der Waals surface area contributed by atoms with Crippen LogP contribution in [0.4, 0.5) is 10.1 Å². The first kappa shape index (κ1) is 17.3. The van der Waals surface area contributed by atoms with Crippen LogP contribution >= 0.6 is 0 Å². The molecular formula is C18H28FN3O2+2. The summed E-state index contributed by atoms with van der Waals surface area (Å²) in [5.74, 6) is -0.295. The van der Waals surface area contributed by atoms with Crippen LogP contribution < -0.4 is 15.1 Å². The number of carbonyl (C=O) groups is 1. The second-order valence-corrected chi connectivity index (χ2v) is 6.97. The summed E-state index contributed by atoms with van der Waals surface area (Å²) in [6, 6.07) is 5.82. The zero-order valence-electron chi connectivity index (χ0n) is 14.3. The molecule has 6 heteroatoms. The van der Waals surface area contributed by atoms with Crippen LogP contribution in [0.25, 0.3) is 0 Å². The summed E-state index contributed by atoms with van der Waals surface area (Å²) in [5, 5.41) is 2.88. The molecule has 1 aromatic carbocycles. The fourth-order valence-electron chi connectivity index (χ4n) is 3.66. The third kappa shape index (κ3) is 4.53. The number of ether oxygens (including phenoxy) is 1. The van der Waals surface area contributed by atoms with Crippen molar-refractivity contribution in [3.05, 3.63) is 30.1 Å². The van der Waals surface area contributed by atoms with Crippen molar-refractivity contribution in [2.45, 2.75) is 31.9 Å². The molecule has 2 aliphatic heterocycles. The lowest BCUT2D eigenvalue weighted by Crippen LogP contribution is -3.30. The van der Waals surface area contributed by atoms with E-state index in [1.54, 1.807) is 17.0 Å². The van der Waals surface area contributed by atoms with Gasteiger partial charge in [0, 0.05) is 12.3 Å². The lowest BCUT2D eigenvalue weighted by atomic mass is 10.2. The highest BCUT2D eigenvalue weighted by Gasteiger charge is 2.32. The topological polar surface area (TPSA) is 47.2 Å². The van der Waals surface area contributed by atoms with Crippen molar-refractivity contribution in [2.24, 2.45) is 0 Å². The summed E-state index contributed by atoms with van der Waals surface area (Å²) < 4.78 is 18.7. The second-order valence-electron chi connectivity index (χ2n) is 6.97. The molecule has 2 saturated heterocycles. The van der Waals surface area contributed by atoms with E-state index >= 15 is 0 Å². The number of quaternary nitrogens is 2. The van der Waals surface area contributed by atoms with Crippen LogP contribution in [-0.2, 0) is 9.53 Å². The van der Waals surface area contributed by atoms with Gasteiger partial charge in [-0.3, -0.25) is 4.79 Å². The largest absolute Gasteiger partial charge is 0.372 e. The van der Waals surface area contributed by atoms with Crippen LogP contribution in [0, 0.1) is 5.82 Å². The molecule has 0 bridgehead atoms. The third-order valence-electron chi connectivity index (χ3n) is 5.26. The van der Waals surface area contributed by atoms with Gasteiger partial charge in [-0.1, -0.05) is 0 Å². The average molecular weight is 337 g/mol. The predicted octanol–water partition coefficient (Wildman–Crippen LogP) is -0.885. The van der Waals surface area contributed by atoms with E-state index in [2.05, 4.69) is 5.32 Å². The van der Waals surface area contributed by atoms with E-state index in [0.29, 0.717) is 11.8 Å². The Kier molecular flexibility index (Phi) is 5.81. The minimum Gasteiger partial charge on any atom is -0.372 e. The molecule has 0 radical (unpaired) electrons. The number of rotatable bonds is 5. The van der Waals surface area contributed by atoms with Gasteiger partial charge in [-0.15, -0.1) is 0 Å². The van der Waals surface area contributed by atoms with Gasteiger partial charge in [0.2, 0.25) is 0 Å². The summed E-state index contributed by atoms with van der Waals surface area (Å²) in [4.78, 5) is 15.3. The van der Waals surface area contributed by atoms with Crippen molar-refractivity contribution in [1.82, 2.24) is 0 Å². The number of hydrogen-bond acceptors (Lipinski definition) is 2. The molecule has 2 heterocycles. The first-order valence-corrected chi connectivity index (χ1v) is 8.98. The Hall–Kier alpha value is -1.50. The Bertz CT molecular complexity index is 538. The molecule has 2 aliphatic rings. The average Bonchev–Trinajstić information content (AvgIpc) is 3.10. The van der Waals surface area contributed by atoms with Crippen molar-refractivity contribution in [1.29, 1.82) is 0 Å². The highest BCUT2D eigenvalue weighted by molar-refractivity contribution is 5.93. The minimum absolute atomic E-state index is 0.000755. The summed E-state index contributed by atoms with van der Waals surface area (Å²) in [6.45, 7) is 8.16. The number of halogens is 1. The molecule has 5 nitrogen and oxygen atoms in total. The molecule has 3 N–H and O–H groups in total. The molecule has 24 heavy (non-hydrogen) atoms. The number of benzene rings is 1. The van der Waals surface area contributed by atoms with Crippen LogP contribution in [0.3, 0.4) is 0 Å². The van der Waals surface area contributed by atoms with Gasteiger partial charge < -0.3 is 19.9 Å². The lowest BCUT2D eigenvalue weighted by Gasteiger charge is -2.33. The summed E-state index contributed by atoms with van der Waals surface area (Å²) >= 11 is 0. The molecule has 0 saturated carbocycles. The maximum atomic E-state index is 12.9. The minimum atomic E-state index is -0.294. The van der Waals surface area contributed by atoms with Crippen LogP contribution in [0.1, 0.15) is 19.8 Å². The Morgan fingerprint density at radius 3 is 2.62 bits per heavy atom. The maximum Gasteiger partial charge on any atom is 0.282 e. The number of nitrogens with one attached hydrogen (secondary N) is 3. The quantitative estimate of drug-likeness (QED) is 0.653. The first-order valence-electron chi connectivity index (χ1n) is 8.98. The lowest BCUT2D eigenvalue weighted by molar-refractivity contribution is -1.02. The second kappa shape index (κ2) is 8.05. The number of hydrogen-bond donors (Lipinski definition) is 3. The number of amides is 1. The third-order valence-corrected chi connectivity index (χ3v) is 5.26. The fourth-order valence-corrected chi connectivity index (χ4v) is 3.66. The Morgan fingerprint density at radius 2 is 2.00 bits per heavy atom. The molecule has 2 fully saturated rings. The molecular weight excluding hydrogens is 309 g/mol. The van der Waals surface area contributed by atoms with Crippen LogP contribution in [0.2, 0.25) is 0 Å². The Morgan fingerprint density at radius 1 is 1.29 bits per heavy atom. The van der Waals surface area contributed by atoms with Gasteiger partial charge >= 0.3 is 0 Å². The van der Waals surface area contributed by atoms with Crippen molar-refractivity contribution < 1.29 is 23.7 Å². The molecule has 1 amide bonds. The molecule has 132 valence electrons. The Balaban J connectivity index is 1.44. The summed E-state index contributed by atoms with van der Waals surface area (Å²) in [6.07, 6.45) is 2.81. The smallest absolute Gasteiger partial charge is 0.282 e. The van der Waals surface area contributed by atoms with Gasteiger partial charge in [0.15, 0.2) is 6.04 Å². The highest BCUT2D eigenvalue weighted by atomic mass is 19.1. The SMILES string of the molecule is C[C@@H](C(=O)Nc1ccc(F)cc1)[NH+]1CC[NH+](C[C@@H]2CCCO2)CC1. The molecule has 3 rings (SSSR count). The van der Waals surface area contributed by atoms with E-state index < -0.39 is 0 Å². The van der Waals surface area contributed by atoms with Gasteiger partial charge in [-0.05, 0) is 44.0 Å². The Labute approximate surface area is 142 Å². The van der Waals surface area contributed by atoms with Gasteiger partial charge in [-0.2, -0.15) is 0 Å². The standard InChI is InChI=1S/C18H26FN3O2/c1-14(18(23)20-16-6-4-15(19)5-7-16)22-10-8-21(9-11-22)13-17-3-2-12-24-17/h4-7,14,17H,2-3,8-13H2,1H3,(H,20,23)/p+2/t14-,17-/m0/s1. The normalized spacial score (nSPS) is 28.5. The molecule has 0 spiro atoms. The molecule has 0 aliphatic carbocycles. The predicted molar refractivity (Wildman–Crippen MR) is 89.7 cm³/mol. The van der Waals surface area contributed by atoms with Gasteiger partial charge in [-0.25, -0.2) is 4.39 Å². The monoisotopic (exact) mass is 337 g/mol. The van der Waals surface area contributed by atoms with E-state index in [4.69, 9.17) is 4.74 Å². The van der Waals surface area contributed by atoms with Crippen LogP contribution in [-0.4, -0.2) is 57.4 Å². The number of anilines is 1.